The van der Waals surface area contributed by atoms with Gasteiger partial charge in [0.15, 0.2) is 0 Å². The van der Waals surface area contributed by atoms with Crippen molar-refractivity contribution in [3.63, 3.8) is 0 Å². The second-order valence-electron chi connectivity index (χ2n) is 27.1. The molecule has 0 aliphatic carbocycles. The van der Waals surface area contributed by atoms with E-state index in [4.69, 9.17) is 92.4 Å². The third kappa shape index (κ3) is 33.9. The van der Waals surface area contributed by atoms with Crippen LogP contribution in [0.15, 0.2) is 207 Å². The Balaban J connectivity index is 0.000000257. The molecule has 0 aliphatic rings. The summed E-state index contributed by atoms with van der Waals surface area (Å²) in [6.07, 6.45) is 2.75. The molecule has 0 radical (unpaired) electrons. The van der Waals surface area contributed by atoms with E-state index in [0.29, 0.717) is 76.8 Å². The highest BCUT2D eigenvalue weighted by molar-refractivity contribution is 9.11. The summed E-state index contributed by atoms with van der Waals surface area (Å²) in [6.45, 7) is 10.4. The number of ether oxygens (including phenoxy) is 3. The molecule has 14 rings (SSSR count). The van der Waals surface area contributed by atoms with Gasteiger partial charge in [-0.15, -0.1) is 23.2 Å². The number of nitrogens with one attached hydrogen (secondary N) is 5. The van der Waals surface area contributed by atoms with Crippen molar-refractivity contribution in [1.82, 2.24) is 69.9 Å². The molecule has 127 heavy (non-hydrogen) atoms. The molecule has 0 spiro atoms. The number of hydrogen-bond donors (Lipinski definition) is 11. The molecule has 38 nitrogen and oxygen atoms in total. The second-order valence-corrected chi connectivity index (χ2v) is 32.0. The highest BCUT2D eigenvalue weighted by Gasteiger charge is 2.28. The van der Waals surface area contributed by atoms with E-state index in [0.717, 1.165) is 74.1 Å². The Bertz CT molecular complexity index is 6050. The van der Waals surface area contributed by atoms with Gasteiger partial charge in [0.25, 0.3) is 38.8 Å². The normalized spacial score (nSPS) is 10.7. The van der Waals surface area contributed by atoms with Crippen LogP contribution in [0.25, 0.3) is 71.2 Å². The zero-order valence-corrected chi connectivity index (χ0v) is 78.2. The lowest BCUT2D eigenvalue weighted by Crippen LogP contribution is -2.37. The summed E-state index contributed by atoms with van der Waals surface area (Å²) in [5.41, 5.74) is 30.0. The van der Waals surface area contributed by atoms with E-state index in [9.17, 15) is 48.9 Å². The molecule has 0 unspecified atom stereocenters. The number of aromatic nitrogens is 10. The predicted molar refractivity (Wildman–Crippen MR) is 506 cm³/mol. The van der Waals surface area contributed by atoms with Crippen LogP contribution in [0.3, 0.4) is 0 Å². The summed E-state index contributed by atoms with van der Waals surface area (Å²) in [5.74, 6) is 2.44. The van der Waals surface area contributed by atoms with Gasteiger partial charge in [-0.05, 0) is 164 Å². The monoisotopic (exact) mass is 2010 g/mol. The largest absolute Gasteiger partial charge is 0.488 e. The molecule has 0 fully saturated rings. The number of methoxy groups -OCH3 is 3. The first-order valence-corrected chi connectivity index (χ1v) is 42.1. The first-order chi connectivity index (χ1) is 60.1. The van der Waals surface area contributed by atoms with Crippen LogP contribution in [-0.2, 0) is 49.8 Å². The number of anilines is 3. The van der Waals surface area contributed by atoms with Crippen molar-refractivity contribution in [2.45, 2.75) is 43.3 Å². The Labute approximate surface area is 770 Å². The van der Waals surface area contributed by atoms with Crippen molar-refractivity contribution >= 4 is 195 Å². The zero-order chi connectivity index (χ0) is 94.6. The Kier molecular flexibility index (Phi) is 43.2. The smallest absolute Gasteiger partial charge is 0.423 e. The van der Waals surface area contributed by atoms with Crippen LogP contribution in [0.4, 0.5) is 45.5 Å². The molecule has 5 heterocycles. The first-order valence-electron chi connectivity index (χ1n) is 36.9. The molecule has 0 saturated carbocycles. The van der Waals surface area contributed by atoms with Gasteiger partial charge >= 0.3 is 7.12 Å². The van der Waals surface area contributed by atoms with E-state index < -0.39 is 38.0 Å². The fourth-order valence-electron chi connectivity index (χ4n) is 10.6. The number of nitrogen functional groups attached to an aromatic ring is 3. The Morgan fingerprint density at radius 1 is 0.535 bits per heavy atom. The van der Waals surface area contributed by atoms with Gasteiger partial charge in [-0.1, -0.05) is 109 Å². The second kappa shape index (κ2) is 51.8. The lowest BCUT2D eigenvalue weighted by atomic mass is 9.81. The van der Waals surface area contributed by atoms with E-state index >= 15 is 0 Å². The van der Waals surface area contributed by atoms with Crippen LogP contribution in [0.2, 0.25) is 5.28 Å². The van der Waals surface area contributed by atoms with Crippen molar-refractivity contribution in [3.05, 3.63) is 288 Å². The zero-order valence-electron chi connectivity index (χ0n) is 70.3. The topological polar surface area (TPSA) is 540 Å². The lowest BCUT2D eigenvalue weighted by molar-refractivity contribution is -0.385. The predicted octanol–water partition coefficient (Wildman–Crippen LogP) is 15.8. The lowest BCUT2D eigenvalue weighted by Gasteiger charge is -2.25. The van der Waals surface area contributed by atoms with Gasteiger partial charge in [-0.3, -0.25) is 45.0 Å². The minimum Gasteiger partial charge on any atom is -0.423 e. The number of aromatic amines is 4. The summed E-state index contributed by atoms with van der Waals surface area (Å²) in [6, 6.07) is 49.8. The van der Waals surface area contributed by atoms with E-state index in [-0.39, 0.29) is 55.3 Å². The molecule has 14 N–H and O–H groups in total. The van der Waals surface area contributed by atoms with E-state index in [1.54, 1.807) is 42.5 Å². The molecular formula is C81H91BBr3Cl3N22O16S. The maximum Gasteiger partial charge on any atom is 0.488 e. The average Bonchev–Trinajstić information content (AvgIpc) is 1.66. The van der Waals surface area contributed by atoms with Crippen LogP contribution >= 0.6 is 82.6 Å². The highest BCUT2D eigenvalue weighted by Crippen LogP contribution is 2.35. The Morgan fingerprint density at radius 2 is 0.882 bits per heavy atom. The van der Waals surface area contributed by atoms with Crippen LogP contribution in [-0.4, -0.2) is 204 Å². The number of hydrogen-bond acceptors (Lipinski definition) is 28. The standard InChI is InChI=1S/C16H16N4O2.C16H18N4.C10H11BrN4O2.C8H5BrClN3O2.C7H8O3S.C6H7BO2.C6H6BrN3O2.C5H2ClN3.C5H11ClO3.C2H7N/c1-19(2)10-15-17-14-9-12(20(21)22)8-13(16(14)18-15)11-6-4-3-5-7-11;1-20(2)10-15-18-14-9-12(17)8-13(16(14)19-15)11-6-4-3-5-7-11;1-14(2)5-9-12-8-4-6(15(16)17)3-7(11)10(8)13-9;9-5-1-4(13(14)15)2-6-8(5)12-7(3-10)11-6;1-6-2-4-7(5-3-6)11(8,9)10;8-7(9)6-4-2-1-3-5-6;7-4-1-3(10(11)12)2-5(8)6(4)9;1-7-4-2-8-5(6)9-3-4;1-7-5(4-6,8-2)9-3;1-3-2/h3-9H,10H2,1-2H3,(H,17,18);3-9H,10,17H2,1-2H3,(H,18,19);3-4H,5H2,1-2H3,(H,12,13);1-2H,3H2,(H,11,12);2-5H,1H3,(H,8,9,10);1-5,8-9H;1-2H,8-9H2;2-3H;4H2,1-3H3;3H,1-2H3. The Hall–Kier alpha value is -11.6. The number of nitro groups is 4. The van der Waals surface area contributed by atoms with Crippen molar-refractivity contribution in [2.24, 2.45) is 0 Å². The van der Waals surface area contributed by atoms with E-state index in [1.807, 2.05) is 140 Å². The molecule has 0 amide bonds. The number of halogens is 6. The molecule has 0 atom stereocenters. The number of H-pyrrole nitrogens is 4. The average molecular weight is 2020 g/mol. The van der Waals surface area contributed by atoms with Gasteiger partial charge < -0.3 is 81.4 Å². The van der Waals surface area contributed by atoms with Gasteiger partial charge in [-0.2, -0.15) is 8.42 Å². The molecule has 0 aliphatic heterocycles. The summed E-state index contributed by atoms with van der Waals surface area (Å²) in [5, 5.41) is 62.9. The summed E-state index contributed by atoms with van der Waals surface area (Å²) in [4.78, 5) is 87.7. The number of aryl methyl sites for hydroxylation is 1. The molecule has 672 valence electrons. The third-order valence-corrected chi connectivity index (χ3v) is 19.9. The van der Waals surface area contributed by atoms with Crippen LogP contribution < -0.4 is 28.0 Å². The number of non-ortho nitro benzene ring substituents is 4. The molecular weight excluding hydrogens is 1930 g/mol. The maximum atomic E-state index is 11.2. The molecule has 5 aromatic heterocycles. The Morgan fingerprint density at radius 3 is 1.22 bits per heavy atom. The summed E-state index contributed by atoms with van der Waals surface area (Å²) < 4.78 is 45.6. The quantitative estimate of drug-likeness (QED) is 0.00412. The summed E-state index contributed by atoms with van der Waals surface area (Å²) in [7, 11) is 14.6. The van der Waals surface area contributed by atoms with Crippen molar-refractivity contribution in [3.8, 4) is 22.3 Å². The van der Waals surface area contributed by atoms with Gasteiger partial charge in [0.1, 0.15) is 40.2 Å². The van der Waals surface area contributed by atoms with Gasteiger partial charge in [0, 0.05) is 104 Å². The number of fused-ring (bicyclic) bond motifs is 4. The van der Waals surface area contributed by atoms with Crippen molar-refractivity contribution in [2.75, 3.05) is 101 Å². The summed E-state index contributed by atoms with van der Waals surface area (Å²) >= 11 is 26.0. The minimum atomic E-state index is -4.02. The van der Waals surface area contributed by atoms with Crippen LogP contribution in [0.1, 0.15) is 28.9 Å². The molecule has 0 bridgehead atoms. The number of rotatable bonds is 19. The van der Waals surface area contributed by atoms with Crippen molar-refractivity contribution < 1.29 is 56.9 Å². The van der Waals surface area contributed by atoms with Gasteiger partial charge in [-0.25, -0.2) is 34.7 Å². The molecule has 9 aromatic carbocycles. The van der Waals surface area contributed by atoms with Gasteiger partial charge in [0.05, 0.1) is 110 Å². The number of imidazole rings is 4. The third-order valence-electron chi connectivity index (χ3n) is 16.4. The molecule has 46 heteroatoms. The number of nitro benzene ring substituents is 4. The van der Waals surface area contributed by atoms with Crippen LogP contribution in [0, 0.1) is 54.0 Å². The van der Waals surface area contributed by atoms with Crippen molar-refractivity contribution in [1.29, 1.82) is 0 Å². The first kappa shape index (κ1) is 106. The molecule has 0 saturated heterocycles. The number of nitrogens with zero attached hydrogens (tertiary/aromatic N) is 14. The fourth-order valence-corrected chi connectivity index (χ4v) is 13.2. The minimum absolute atomic E-state index is 0.0131. The van der Waals surface area contributed by atoms with Gasteiger partial charge in [0.2, 0.25) is 11.0 Å². The van der Waals surface area contributed by atoms with E-state index in [2.05, 4.69) is 120 Å². The number of benzene rings is 9. The molecule has 14 aromatic rings. The SMILES string of the molecule is CN(C)Cc1nc2c(-c3ccccc3)cc(N)cc2[nH]1.CN(C)Cc1nc2c(-c3ccccc3)cc([N+](=O)[O-])cc2[nH]1.CN(C)Cc1nc2c(Br)cc([N+](=O)[O-])cc2[nH]1.CNC.COC(CCl)(OC)OC.Cc1ccc(S(=O)(=O)O)cc1.Nc1cc([N+](=O)[O-])cc(Br)c1N.O=[N+]([O-])c1cc(Br)c2nc(CCl)[nH]c2c1.OB(O)c1ccccc1.[C-]#[N+]c1cnc(Cl)nc1. The maximum absolute atomic E-state index is 11.2. The number of alkyl halides is 2. The van der Waals surface area contributed by atoms with Crippen LogP contribution in [0.5, 0.6) is 0 Å². The fraction of sp³-hybridized carbons (Fsp3) is 0.222. The van der Waals surface area contributed by atoms with E-state index in [1.165, 1.54) is 88.3 Å². The number of nitrogens with two attached hydrogens (primary N) is 3. The highest BCUT2D eigenvalue weighted by atomic mass is 79.9.